The molecule has 8 nitrogen and oxygen atoms in total. The van der Waals surface area contributed by atoms with Crippen LogP contribution < -0.4 is 5.73 Å². The summed E-state index contributed by atoms with van der Waals surface area (Å²) in [6.07, 6.45) is 8.84. The molecule has 0 unspecified atom stereocenters. The third-order valence-corrected chi connectivity index (χ3v) is 9.52. The number of amides is 1. The summed E-state index contributed by atoms with van der Waals surface area (Å²) in [5.41, 5.74) is 11.5. The first-order chi connectivity index (χ1) is 21.6. The number of pyridine rings is 1. The molecule has 1 aliphatic heterocycles. The molecule has 1 saturated carbocycles. The van der Waals surface area contributed by atoms with E-state index in [-0.39, 0.29) is 18.5 Å². The van der Waals surface area contributed by atoms with Crippen LogP contribution in [0.3, 0.4) is 0 Å². The number of nitrogens with zero attached hydrogens (tertiary/aromatic N) is 6. The molecule has 3 aromatic heterocycles. The maximum Gasteiger partial charge on any atom is 0.251 e. The number of carbonyl (C=O) groups is 1. The molecule has 2 fully saturated rings. The van der Waals surface area contributed by atoms with Crippen molar-refractivity contribution in [1.82, 2.24) is 29.4 Å². The van der Waals surface area contributed by atoms with Crippen LogP contribution in [-0.4, -0.2) is 55.0 Å². The first kappa shape index (κ1) is 29.5. The summed E-state index contributed by atoms with van der Waals surface area (Å²) in [4.78, 5) is 20.8. The molecule has 2 aliphatic rings. The number of fused-ring (bicyclic) bond motifs is 2. The topological polar surface area (TPSA) is 94.9 Å². The summed E-state index contributed by atoms with van der Waals surface area (Å²) in [6, 6.07) is 10.00. The predicted octanol–water partition coefficient (Wildman–Crippen LogP) is 6.51. The van der Waals surface area contributed by atoms with Gasteiger partial charge in [-0.05, 0) is 78.8 Å². The Kier molecular flexibility index (Phi) is 7.43. The summed E-state index contributed by atoms with van der Waals surface area (Å²) >= 11 is 0. The van der Waals surface area contributed by atoms with E-state index in [0.717, 1.165) is 65.1 Å². The van der Waals surface area contributed by atoms with Crippen LogP contribution in [0, 0.1) is 23.0 Å². The Morgan fingerprint density at radius 1 is 1.04 bits per heavy atom. The lowest BCUT2D eigenvalue weighted by molar-refractivity contribution is 0.0999. The van der Waals surface area contributed by atoms with E-state index in [1.807, 2.05) is 24.4 Å². The molecule has 0 atom stereocenters. The van der Waals surface area contributed by atoms with E-state index in [2.05, 4.69) is 35.5 Å². The van der Waals surface area contributed by atoms with Gasteiger partial charge in [0.05, 0.1) is 41.8 Å². The summed E-state index contributed by atoms with van der Waals surface area (Å²) in [7, 11) is 0. The Morgan fingerprint density at radius 3 is 2.51 bits per heavy atom. The minimum absolute atomic E-state index is 0.231. The number of hydrogen-bond acceptors (Lipinski definition) is 5. The third-order valence-electron chi connectivity index (χ3n) is 9.52. The number of likely N-dealkylation sites (tertiary alicyclic amines) is 1. The number of nitrogens with two attached hydrogens (primary N) is 1. The molecule has 0 bridgehead atoms. The van der Waals surface area contributed by atoms with Crippen molar-refractivity contribution in [3.63, 3.8) is 0 Å². The first-order valence-corrected chi connectivity index (χ1v) is 15.9. The zero-order valence-corrected chi connectivity index (χ0v) is 26.1. The second-order valence-corrected chi connectivity index (χ2v) is 13.7. The maximum absolute atomic E-state index is 13.8. The van der Waals surface area contributed by atoms with Gasteiger partial charge in [-0.25, -0.2) is 18.4 Å². The molecule has 1 saturated heterocycles. The highest BCUT2D eigenvalue weighted by atomic mass is 19.2. The largest absolute Gasteiger partial charge is 0.366 e. The van der Waals surface area contributed by atoms with Crippen molar-refractivity contribution in [3.8, 4) is 11.1 Å². The Morgan fingerprint density at radius 2 is 1.82 bits per heavy atom. The van der Waals surface area contributed by atoms with Gasteiger partial charge in [-0.1, -0.05) is 32.9 Å². The van der Waals surface area contributed by atoms with Crippen molar-refractivity contribution in [2.75, 3.05) is 19.6 Å². The zero-order valence-electron chi connectivity index (χ0n) is 26.1. The van der Waals surface area contributed by atoms with Crippen molar-refractivity contribution >= 4 is 27.8 Å². The van der Waals surface area contributed by atoms with Gasteiger partial charge in [0.15, 0.2) is 17.3 Å². The summed E-state index contributed by atoms with van der Waals surface area (Å²) in [6.45, 7) is 10.1. The predicted molar refractivity (Wildman–Crippen MR) is 171 cm³/mol. The third kappa shape index (κ3) is 5.72. The van der Waals surface area contributed by atoms with E-state index in [4.69, 9.17) is 15.8 Å². The number of primary amides is 1. The zero-order chi connectivity index (χ0) is 31.5. The number of piperidine rings is 1. The SMILES string of the molecule is CC(C)Cc1nc2c(cnn2C2CCN(CC3(C)CC3)CC2)c(-c2ccc3c(cnn3Cc3ccc(F)c(F)c3)c2)c1C(N)=O. The van der Waals surface area contributed by atoms with Crippen LogP contribution in [0.15, 0.2) is 48.8 Å². The van der Waals surface area contributed by atoms with Gasteiger partial charge in [-0.2, -0.15) is 10.2 Å². The summed E-state index contributed by atoms with van der Waals surface area (Å²) in [5, 5.41) is 11.1. The van der Waals surface area contributed by atoms with Gasteiger partial charge in [0.2, 0.25) is 0 Å². The molecular weight excluding hydrogens is 572 g/mol. The lowest BCUT2D eigenvalue weighted by Gasteiger charge is -2.33. The van der Waals surface area contributed by atoms with Crippen molar-refractivity contribution in [2.45, 2.75) is 65.5 Å². The van der Waals surface area contributed by atoms with Gasteiger partial charge >= 0.3 is 0 Å². The van der Waals surface area contributed by atoms with Crippen molar-refractivity contribution < 1.29 is 13.6 Å². The van der Waals surface area contributed by atoms with Gasteiger partial charge in [-0.15, -0.1) is 0 Å². The Hall–Kier alpha value is -4.18. The van der Waals surface area contributed by atoms with Crippen LogP contribution in [0.25, 0.3) is 33.1 Å². The molecule has 2 N–H and O–H groups in total. The monoisotopic (exact) mass is 611 g/mol. The van der Waals surface area contributed by atoms with Gasteiger partial charge in [0.25, 0.3) is 5.91 Å². The maximum atomic E-state index is 13.8. The number of benzene rings is 2. The summed E-state index contributed by atoms with van der Waals surface area (Å²) < 4.78 is 31.1. The van der Waals surface area contributed by atoms with E-state index in [0.29, 0.717) is 28.7 Å². The van der Waals surface area contributed by atoms with Gasteiger partial charge in [0.1, 0.15) is 0 Å². The second kappa shape index (κ2) is 11.3. The number of halogens is 2. The molecule has 1 aliphatic carbocycles. The molecule has 7 rings (SSSR count). The number of carbonyl (C=O) groups excluding carboxylic acids is 1. The molecule has 4 heterocycles. The van der Waals surface area contributed by atoms with E-state index in [1.54, 1.807) is 16.9 Å². The highest BCUT2D eigenvalue weighted by Gasteiger charge is 2.39. The molecule has 0 spiro atoms. The van der Waals surface area contributed by atoms with Gasteiger partial charge < -0.3 is 10.6 Å². The first-order valence-electron chi connectivity index (χ1n) is 15.9. The Bertz CT molecular complexity index is 1910. The fourth-order valence-electron chi connectivity index (χ4n) is 6.89. The minimum Gasteiger partial charge on any atom is -0.366 e. The fraction of sp³-hybridized carbons (Fsp3) is 0.429. The molecule has 1 amide bonds. The second-order valence-electron chi connectivity index (χ2n) is 13.7. The van der Waals surface area contributed by atoms with Crippen LogP contribution in [0.5, 0.6) is 0 Å². The molecular formula is C35H39F2N7O. The van der Waals surface area contributed by atoms with E-state index >= 15 is 0 Å². The quantitative estimate of drug-likeness (QED) is 0.205. The van der Waals surface area contributed by atoms with E-state index in [9.17, 15) is 13.6 Å². The van der Waals surface area contributed by atoms with Crippen LogP contribution in [0.4, 0.5) is 8.78 Å². The smallest absolute Gasteiger partial charge is 0.251 e. The van der Waals surface area contributed by atoms with Gasteiger partial charge in [-0.3, -0.25) is 9.48 Å². The van der Waals surface area contributed by atoms with Crippen molar-refractivity contribution in [3.05, 3.63) is 77.2 Å². The molecule has 45 heavy (non-hydrogen) atoms. The average molecular weight is 612 g/mol. The van der Waals surface area contributed by atoms with E-state index in [1.165, 1.54) is 25.5 Å². The number of rotatable bonds is 9. The Labute approximate surface area is 261 Å². The van der Waals surface area contributed by atoms with Crippen LogP contribution in [-0.2, 0) is 13.0 Å². The van der Waals surface area contributed by atoms with E-state index < -0.39 is 17.5 Å². The molecule has 2 aromatic carbocycles. The highest BCUT2D eigenvalue weighted by molar-refractivity contribution is 6.09. The molecule has 0 radical (unpaired) electrons. The average Bonchev–Trinajstić information content (AvgIpc) is 3.38. The van der Waals surface area contributed by atoms with Crippen LogP contribution in [0.2, 0.25) is 0 Å². The lowest BCUT2D eigenvalue weighted by Crippen LogP contribution is -2.38. The van der Waals surface area contributed by atoms with Crippen LogP contribution >= 0.6 is 0 Å². The minimum atomic E-state index is -0.886. The molecule has 5 aromatic rings. The molecule has 234 valence electrons. The highest BCUT2D eigenvalue weighted by Crippen LogP contribution is 2.46. The lowest BCUT2D eigenvalue weighted by atomic mass is 9.92. The normalized spacial score (nSPS) is 17.1. The van der Waals surface area contributed by atoms with Gasteiger partial charge in [0, 0.05) is 36.0 Å². The standard InChI is InChI=1S/C35H39F2N7O/c1-21(2)14-29-32(33(38)45)31(23-5-7-30-24(16-23)17-39-43(30)19-22-4-6-27(36)28(37)15-22)26-18-40-44(34(26)41-29)25-8-12-42(13-9-25)20-35(3)10-11-35/h4-7,15-18,21,25H,8-14,19-20H2,1-3H3,(H2,38,45). The Balaban J connectivity index is 1.28. The summed E-state index contributed by atoms with van der Waals surface area (Å²) in [5.74, 6) is -2.01. The van der Waals surface area contributed by atoms with Crippen LogP contribution in [0.1, 0.15) is 74.1 Å². The van der Waals surface area contributed by atoms with Crippen molar-refractivity contribution in [1.29, 1.82) is 0 Å². The number of hydrogen-bond donors (Lipinski definition) is 1. The fourth-order valence-corrected chi connectivity index (χ4v) is 6.89. The van der Waals surface area contributed by atoms with Crippen molar-refractivity contribution in [2.24, 2.45) is 17.1 Å². The number of aromatic nitrogens is 5. The molecule has 10 heteroatoms.